The first-order valence-corrected chi connectivity index (χ1v) is 7.78. The maximum Gasteiger partial charge on any atom is 0.225 e. The first-order chi connectivity index (χ1) is 9.81. The summed E-state index contributed by atoms with van der Waals surface area (Å²) in [6.07, 6.45) is 8.70. The first-order valence-electron chi connectivity index (χ1n) is 7.78. The average molecular weight is 275 g/mol. The van der Waals surface area contributed by atoms with Gasteiger partial charge in [-0.15, -0.1) is 0 Å². The summed E-state index contributed by atoms with van der Waals surface area (Å²) in [4.78, 5) is 13.5. The summed E-state index contributed by atoms with van der Waals surface area (Å²) in [5.41, 5.74) is 0. The predicted molar refractivity (Wildman–Crippen MR) is 80.9 cm³/mol. The van der Waals surface area contributed by atoms with Gasteiger partial charge in [-0.25, -0.2) is 9.97 Å². The fourth-order valence-corrected chi connectivity index (χ4v) is 3.26. The molecular formula is C15H25N5. The van der Waals surface area contributed by atoms with Crippen molar-refractivity contribution in [2.24, 2.45) is 0 Å². The molecule has 1 unspecified atom stereocenters. The summed E-state index contributed by atoms with van der Waals surface area (Å²) in [7, 11) is 2.21. The summed E-state index contributed by atoms with van der Waals surface area (Å²) < 4.78 is 0. The predicted octanol–water partition coefficient (Wildman–Crippen LogP) is 1.13. The summed E-state index contributed by atoms with van der Waals surface area (Å²) in [6.45, 7) is 4.55. The van der Waals surface area contributed by atoms with Gasteiger partial charge >= 0.3 is 0 Å². The zero-order valence-corrected chi connectivity index (χ0v) is 12.3. The molecule has 0 aliphatic carbocycles. The van der Waals surface area contributed by atoms with Crippen LogP contribution in [0, 0.1) is 0 Å². The zero-order valence-electron chi connectivity index (χ0n) is 12.3. The molecule has 5 heteroatoms. The molecule has 1 aromatic heterocycles. The first kappa shape index (κ1) is 13.8. The van der Waals surface area contributed by atoms with Gasteiger partial charge in [0.2, 0.25) is 5.95 Å². The lowest BCUT2D eigenvalue weighted by atomic mass is 10.0. The van der Waals surface area contributed by atoms with Crippen molar-refractivity contribution in [3.63, 3.8) is 0 Å². The van der Waals surface area contributed by atoms with Gasteiger partial charge < -0.3 is 15.1 Å². The lowest BCUT2D eigenvalue weighted by molar-refractivity contribution is 0.219. The molecule has 1 aromatic rings. The number of likely N-dealkylation sites (tertiary alicyclic amines) is 1. The van der Waals surface area contributed by atoms with E-state index in [-0.39, 0.29) is 0 Å². The van der Waals surface area contributed by atoms with Crippen molar-refractivity contribution in [2.45, 2.75) is 37.8 Å². The van der Waals surface area contributed by atoms with E-state index >= 15 is 0 Å². The lowest BCUT2D eigenvalue weighted by Crippen LogP contribution is -2.52. The number of rotatable bonds is 3. The lowest BCUT2D eigenvalue weighted by Gasteiger charge is -2.37. The van der Waals surface area contributed by atoms with E-state index < -0.39 is 0 Å². The van der Waals surface area contributed by atoms with Crippen molar-refractivity contribution in [3.05, 3.63) is 18.5 Å². The van der Waals surface area contributed by atoms with E-state index in [2.05, 4.69) is 32.1 Å². The van der Waals surface area contributed by atoms with Crippen LogP contribution < -0.4 is 10.2 Å². The molecule has 0 radical (unpaired) electrons. The molecule has 0 amide bonds. The Labute approximate surface area is 121 Å². The van der Waals surface area contributed by atoms with Crippen molar-refractivity contribution in [2.75, 3.05) is 38.1 Å². The third-order valence-electron chi connectivity index (χ3n) is 4.45. The minimum absolute atomic E-state index is 0.584. The van der Waals surface area contributed by atoms with Crippen LogP contribution in [0.5, 0.6) is 0 Å². The Balaban J connectivity index is 1.53. The molecule has 1 atom stereocenters. The highest BCUT2D eigenvalue weighted by Crippen LogP contribution is 2.17. The van der Waals surface area contributed by atoms with Crippen LogP contribution in [0.4, 0.5) is 5.95 Å². The largest absolute Gasteiger partial charge is 0.339 e. The quantitative estimate of drug-likeness (QED) is 0.896. The van der Waals surface area contributed by atoms with Gasteiger partial charge in [-0.1, -0.05) is 0 Å². The van der Waals surface area contributed by atoms with E-state index in [1.54, 1.807) is 0 Å². The van der Waals surface area contributed by atoms with Gasteiger partial charge in [-0.3, -0.25) is 0 Å². The zero-order chi connectivity index (χ0) is 13.8. The van der Waals surface area contributed by atoms with E-state index in [0.29, 0.717) is 12.1 Å². The minimum Gasteiger partial charge on any atom is -0.339 e. The van der Waals surface area contributed by atoms with Crippen LogP contribution in [0.15, 0.2) is 18.5 Å². The van der Waals surface area contributed by atoms with Gasteiger partial charge in [-0.05, 0) is 51.9 Å². The highest BCUT2D eigenvalue weighted by molar-refractivity contribution is 5.29. The molecule has 2 saturated heterocycles. The molecule has 0 aromatic carbocycles. The second kappa shape index (κ2) is 6.50. The molecule has 0 spiro atoms. The maximum absolute atomic E-state index is 4.37. The van der Waals surface area contributed by atoms with E-state index in [4.69, 9.17) is 0 Å². The Hall–Kier alpha value is -1.20. The molecule has 0 bridgehead atoms. The Kier molecular flexibility index (Phi) is 4.47. The topological polar surface area (TPSA) is 44.3 Å². The van der Waals surface area contributed by atoms with Gasteiger partial charge in [-0.2, -0.15) is 0 Å². The Morgan fingerprint density at radius 2 is 1.80 bits per heavy atom. The Morgan fingerprint density at radius 1 is 1.05 bits per heavy atom. The molecule has 3 rings (SSSR count). The molecule has 1 N–H and O–H groups in total. The second-order valence-electron chi connectivity index (χ2n) is 6.08. The molecule has 2 fully saturated rings. The van der Waals surface area contributed by atoms with Crippen LogP contribution in [-0.2, 0) is 0 Å². The third-order valence-corrected chi connectivity index (χ3v) is 4.45. The molecular weight excluding hydrogens is 250 g/mol. The number of anilines is 1. The number of nitrogens with zero attached hydrogens (tertiary/aromatic N) is 4. The van der Waals surface area contributed by atoms with Gasteiger partial charge in [0.15, 0.2) is 0 Å². The van der Waals surface area contributed by atoms with Crippen LogP contribution in [0.1, 0.15) is 25.7 Å². The average Bonchev–Trinajstić information content (AvgIpc) is 2.51. The van der Waals surface area contributed by atoms with Gasteiger partial charge in [0, 0.05) is 37.6 Å². The smallest absolute Gasteiger partial charge is 0.225 e. The SMILES string of the molecule is CN1CCC(NC2CCCN(c3ncccn3)C2)CC1. The van der Waals surface area contributed by atoms with Crippen LogP contribution in [0.25, 0.3) is 0 Å². The van der Waals surface area contributed by atoms with Gasteiger partial charge in [0.25, 0.3) is 0 Å². The molecule has 2 aliphatic rings. The van der Waals surface area contributed by atoms with Crippen LogP contribution in [0.2, 0.25) is 0 Å². The van der Waals surface area contributed by atoms with E-state index in [1.807, 2.05) is 18.5 Å². The summed E-state index contributed by atoms with van der Waals surface area (Å²) in [5, 5.41) is 3.85. The monoisotopic (exact) mass is 275 g/mol. The summed E-state index contributed by atoms with van der Waals surface area (Å²) >= 11 is 0. The molecule has 5 nitrogen and oxygen atoms in total. The number of nitrogens with one attached hydrogen (secondary N) is 1. The summed E-state index contributed by atoms with van der Waals surface area (Å²) in [6, 6.07) is 3.15. The fraction of sp³-hybridized carbons (Fsp3) is 0.733. The van der Waals surface area contributed by atoms with Gasteiger partial charge in [0.1, 0.15) is 0 Å². The number of aromatic nitrogens is 2. The molecule has 3 heterocycles. The van der Waals surface area contributed by atoms with Crippen molar-refractivity contribution in [3.8, 4) is 0 Å². The van der Waals surface area contributed by atoms with Crippen LogP contribution in [0.3, 0.4) is 0 Å². The summed E-state index contributed by atoms with van der Waals surface area (Å²) in [5.74, 6) is 0.877. The minimum atomic E-state index is 0.584. The highest BCUT2D eigenvalue weighted by atomic mass is 15.3. The molecule has 20 heavy (non-hydrogen) atoms. The van der Waals surface area contributed by atoms with Gasteiger partial charge in [0.05, 0.1) is 0 Å². The number of hydrogen-bond acceptors (Lipinski definition) is 5. The standard InChI is InChI=1S/C15H25N5/c1-19-10-5-13(6-11-19)18-14-4-2-9-20(12-14)15-16-7-3-8-17-15/h3,7-8,13-14,18H,2,4-6,9-12H2,1H3. The van der Waals surface area contributed by atoms with Crippen molar-refractivity contribution in [1.29, 1.82) is 0 Å². The second-order valence-corrected chi connectivity index (χ2v) is 6.08. The normalized spacial score (nSPS) is 25.9. The van der Waals surface area contributed by atoms with E-state index in [1.165, 1.54) is 38.8 Å². The molecule has 2 aliphatic heterocycles. The van der Waals surface area contributed by atoms with E-state index in [0.717, 1.165) is 19.0 Å². The highest BCUT2D eigenvalue weighted by Gasteiger charge is 2.25. The third kappa shape index (κ3) is 3.46. The van der Waals surface area contributed by atoms with E-state index in [9.17, 15) is 0 Å². The molecule has 0 saturated carbocycles. The maximum atomic E-state index is 4.37. The van der Waals surface area contributed by atoms with Crippen molar-refractivity contribution >= 4 is 5.95 Å². The van der Waals surface area contributed by atoms with Crippen molar-refractivity contribution < 1.29 is 0 Å². The Bertz CT molecular complexity index is 402. The Morgan fingerprint density at radius 3 is 2.55 bits per heavy atom. The van der Waals surface area contributed by atoms with Crippen LogP contribution >= 0.6 is 0 Å². The fourth-order valence-electron chi connectivity index (χ4n) is 3.26. The van der Waals surface area contributed by atoms with Crippen molar-refractivity contribution in [1.82, 2.24) is 20.2 Å². The van der Waals surface area contributed by atoms with Crippen LogP contribution in [-0.4, -0.2) is 60.2 Å². The number of piperidine rings is 2. The molecule has 110 valence electrons. The number of hydrogen-bond donors (Lipinski definition) is 1.